The van der Waals surface area contributed by atoms with Gasteiger partial charge in [0, 0.05) is 17.1 Å². The van der Waals surface area contributed by atoms with E-state index in [4.69, 9.17) is 11.0 Å². The van der Waals surface area contributed by atoms with E-state index in [0.717, 1.165) is 16.6 Å². The lowest BCUT2D eigenvalue weighted by Gasteiger charge is -2.17. The van der Waals surface area contributed by atoms with Crippen LogP contribution in [0.1, 0.15) is 18.9 Å². The van der Waals surface area contributed by atoms with Gasteiger partial charge in [-0.3, -0.25) is 0 Å². The van der Waals surface area contributed by atoms with Crippen LogP contribution in [0, 0.1) is 11.3 Å². The van der Waals surface area contributed by atoms with Gasteiger partial charge in [0.2, 0.25) is 0 Å². The molecule has 0 saturated carbocycles. The second-order valence-corrected chi connectivity index (χ2v) is 4.11. The number of nitrogens with zero attached hydrogens (tertiary/aromatic N) is 1. The zero-order chi connectivity index (χ0) is 11.3. The monoisotopic (exact) mass is 267 g/mol. The number of anilines is 1. The van der Waals surface area contributed by atoms with Gasteiger partial charge in [-0.15, -0.1) is 0 Å². The third-order valence-corrected chi connectivity index (χ3v) is 2.92. The van der Waals surface area contributed by atoms with E-state index < -0.39 is 0 Å². The minimum absolute atomic E-state index is 0.214. The summed E-state index contributed by atoms with van der Waals surface area (Å²) in [5, 5.41) is 12.3. The molecule has 0 aromatic heterocycles. The van der Waals surface area contributed by atoms with Crippen molar-refractivity contribution in [1.82, 2.24) is 0 Å². The van der Waals surface area contributed by atoms with Gasteiger partial charge in [-0.2, -0.15) is 5.26 Å². The Balaban J connectivity index is 2.95. The summed E-state index contributed by atoms with van der Waals surface area (Å²) >= 11 is 3.35. The van der Waals surface area contributed by atoms with Crippen LogP contribution < -0.4 is 11.1 Å². The Labute approximate surface area is 98.4 Å². The van der Waals surface area contributed by atoms with Crippen LogP contribution in [0.15, 0.2) is 22.7 Å². The molecular formula is C11H14BrN3. The number of hydrogen-bond donors (Lipinski definition) is 2. The molecule has 0 aliphatic carbocycles. The summed E-state index contributed by atoms with van der Waals surface area (Å²) in [4.78, 5) is 0. The van der Waals surface area contributed by atoms with Crippen molar-refractivity contribution >= 4 is 21.6 Å². The van der Waals surface area contributed by atoms with Gasteiger partial charge >= 0.3 is 0 Å². The van der Waals surface area contributed by atoms with Crippen molar-refractivity contribution < 1.29 is 0 Å². The molecule has 0 bridgehead atoms. The molecule has 0 heterocycles. The van der Waals surface area contributed by atoms with Gasteiger partial charge in [-0.05, 0) is 34.5 Å². The summed E-state index contributed by atoms with van der Waals surface area (Å²) < 4.78 is 0.807. The SMILES string of the molecule is CCC(CN)Nc1cccc(Br)c1C#N. The highest BCUT2D eigenvalue weighted by Gasteiger charge is 2.09. The predicted octanol–water partition coefficient (Wildman–Crippen LogP) is 2.47. The fourth-order valence-electron chi connectivity index (χ4n) is 1.31. The molecule has 0 saturated heterocycles. The Morgan fingerprint density at radius 1 is 1.60 bits per heavy atom. The first-order chi connectivity index (χ1) is 7.22. The van der Waals surface area contributed by atoms with E-state index in [9.17, 15) is 0 Å². The van der Waals surface area contributed by atoms with Gasteiger partial charge in [0.1, 0.15) is 6.07 Å². The first-order valence-corrected chi connectivity index (χ1v) is 5.67. The maximum absolute atomic E-state index is 9.01. The lowest BCUT2D eigenvalue weighted by atomic mass is 10.1. The quantitative estimate of drug-likeness (QED) is 0.881. The second kappa shape index (κ2) is 5.74. The molecule has 0 radical (unpaired) electrons. The van der Waals surface area contributed by atoms with Gasteiger partial charge < -0.3 is 11.1 Å². The standard InChI is InChI=1S/C11H14BrN3/c1-2-8(6-13)15-11-5-3-4-10(12)9(11)7-14/h3-5,8,15H,2,6,13H2,1H3. The van der Waals surface area contributed by atoms with Crippen molar-refractivity contribution in [1.29, 1.82) is 5.26 Å². The minimum atomic E-state index is 0.214. The Hall–Kier alpha value is -1.05. The number of nitrogens with one attached hydrogen (secondary N) is 1. The van der Waals surface area contributed by atoms with Crippen LogP contribution in [-0.2, 0) is 0 Å². The first-order valence-electron chi connectivity index (χ1n) is 4.88. The largest absolute Gasteiger partial charge is 0.380 e. The number of nitriles is 1. The summed E-state index contributed by atoms with van der Waals surface area (Å²) in [6.45, 7) is 2.63. The third-order valence-electron chi connectivity index (χ3n) is 2.26. The molecule has 0 amide bonds. The molecule has 1 aromatic rings. The Morgan fingerprint density at radius 3 is 2.87 bits per heavy atom. The lowest BCUT2D eigenvalue weighted by Crippen LogP contribution is -2.28. The van der Waals surface area contributed by atoms with E-state index >= 15 is 0 Å². The smallest absolute Gasteiger partial charge is 0.103 e. The van der Waals surface area contributed by atoms with Crippen LogP contribution in [0.25, 0.3) is 0 Å². The van der Waals surface area contributed by atoms with Crippen molar-refractivity contribution in [3.05, 3.63) is 28.2 Å². The van der Waals surface area contributed by atoms with Crippen molar-refractivity contribution in [2.45, 2.75) is 19.4 Å². The fourth-order valence-corrected chi connectivity index (χ4v) is 1.76. The number of benzene rings is 1. The molecule has 3 nitrogen and oxygen atoms in total. The van der Waals surface area contributed by atoms with Crippen LogP contribution in [0.2, 0.25) is 0 Å². The highest BCUT2D eigenvalue weighted by atomic mass is 79.9. The molecule has 0 aliphatic rings. The van der Waals surface area contributed by atoms with Gasteiger partial charge in [0.25, 0.3) is 0 Å². The predicted molar refractivity (Wildman–Crippen MR) is 65.6 cm³/mol. The number of rotatable bonds is 4. The highest BCUT2D eigenvalue weighted by molar-refractivity contribution is 9.10. The fraction of sp³-hybridized carbons (Fsp3) is 0.364. The van der Waals surface area contributed by atoms with E-state index in [2.05, 4.69) is 34.2 Å². The van der Waals surface area contributed by atoms with Crippen molar-refractivity contribution in [3.63, 3.8) is 0 Å². The minimum Gasteiger partial charge on any atom is -0.380 e. The molecule has 1 unspecified atom stereocenters. The van der Waals surface area contributed by atoms with Gasteiger partial charge in [-0.25, -0.2) is 0 Å². The lowest BCUT2D eigenvalue weighted by molar-refractivity contribution is 0.703. The molecule has 0 aliphatic heterocycles. The van der Waals surface area contributed by atoms with E-state index in [1.807, 2.05) is 18.2 Å². The molecule has 1 rings (SSSR count). The van der Waals surface area contributed by atoms with E-state index in [0.29, 0.717) is 12.1 Å². The molecular weight excluding hydrogens is 254 g/mol. The summed E-state index contributed by atoms with van der Waals surface area (Å²) in [6.07, 6.45) is 0.938. The third kappa shape index (κ3) is 2.95. The zero-order valence-electron chi connectivity index (χ0n) is 8.63. The average molecular weight is 268 g/mol. The molecule has 0 fully saturated rings. The summed E-state index contributed by atoms with van der Waals surface area (Å²) in [5.41, 5.74) is 7.07. The molecule has 15 heavy (non-hydrogen) atoms. The van der Waals surface area contributed by atoms with E-state index in [1.165, 1.54) is 0 Å². The Morgan fingerprint density at radius 2 is 2.33 bits per heavy atom. The van der Waals surface area contributed by atoms with E-state index in [-0.39, 0.29) is 6.04 Å². The molecule has 1 aromatic carbocycles. The number of nitrogens with two attached hydrogens (primary N) is 1. The molecule has 4 heteroatoms. The van der Waals surface area contributed by atoms with Gasteiger partial charge in [0.15, 0.2) is 0 Å². The van der Waals surface area contributed by atoms with Crippen LogP contribution in [0.4, 0.5) is 5.69 Å². The zero-order valence-corrected chi connectivity index (χ0v) is 10.2. The van der Waals surface area contributed by atoms with Crippen LogP contribution in [-0.4, -0.2) is 12.6 Å². The van der Waals surface area contributed by atoms with Crippen LogP contribution in [0.3, 0.4) is 0 Å². The molecule has 3 N–H and O–H groups in total. The van der Waals surface area contributed by atoms with Crippen LogP contribution in [0.5, 0.6) is 0 Å². The van der Waals surface area contributed by atoms with Gasteiger partial charge in [0.05, 0.1) is 11.3 Å². The summed E-state index contributed by atoms with van der Waals surface area (Å²) in [6, 6.07) is 8.03. The normalized spacial score (nSPS) is 11.9. The van der Waals surface area contributed by atoms with Crippen molar-refractivity contribution in [2.75, 3.05) is 11.9 Å². The van der Waals surface area contributed by atoms with E-state index in [1.54, 1.807) is 0 Å². The maximum Gasteiger partial charge on any atom is 0.103 e. The topological polar surface area (TPSA) is 61.8 Å². The number of halogens is 1. The first kappa shape index (κ1) is 12.0. The van der Waals surface area contributed by atoms with Crippen molar-refractivity contribution in [3.8, 4) is 6.07 Å². The summed E-state index contributed by atoms with van der Waals surface area (Å²) in [7, 11) is 0. The number of hydrogen-bond acceptors (Lipinski definition) is 3. The average Bonchev–Trinajstić information content (AvgIpc) is 2.26. The Bertz CT molecular complexity index is 367. The molecule has 80 valence electrons. The maximum atomic E-state index is 9.01. The highest BCUT2D eigenvalue weighted by Crippen LogP contribution is 2.24. The molecule has 1 atom stereocenters. The van der Waals surface area contributed by atoms with Crippen molar-refractivity contribution in [2.24, 2.45) is 5.73 Å². The van der Waals surface area contributed by atoms with Crippen LogP contribution >= 0.6 is 15.9 Å². The second-order valence-electron chi connectivity index (χ2n) is 3.26. The Kier molecular flexibility index (Phi) is 4.60. The molecule has 0 spiro atoms. The van der Waals surface area contributed by atoms with Gasteiger partial charge in [-0.1, -0.05) is 13.0 Å². The summed E-state index contributed by atoms with van der Waals surface area (Å²) in [5.74, 6) is 0.